The van der Waals surface area contributed by atoms with Crippen LogP contribution in [0.1, 0.15) is 0 Å². The summed E-state index contributed by atoms with van der Waals surface area (Å²) in [6, 6.07) is 15.9. The number of carbonyl (C=O) groups is 1. The van der Waals surface area contributed by atoms with Gasteiger partial charge in [0, 0.05) is 5.69 Å². The number of nitriles is 1. The van der Waals surface area contributed by atoms with E-state index in [2.05, 4.69) is 10.6 Å². The van der Waals surface area contributed by atoms with Crippen molar-refractivity contribution < 1.29 is 14.3 Å². The Balaban J connectivity index is 1.80. The standard InChI is InChI=1S/C17H13N3O3/c1-22-12-8-6-11(7-9-12)19-16(21)13(10-18)17-20-14-4-2-3-5-15(14)23-17/h2-9,20H,1H3,(H,19,21)/b17-13-. The van der Waals surface area contributed by atoms with Gasteiger partial charge >= 0.3 is 0 Å². The van der Waals surface area contributed by atoms with Crippen LogP contribution in [-0.4, -0.2) is 13.0 Å². The van der Waals surface area contributed by atoms with Crippen molar-refractivity contribution in [2.75, 3.05) is 17.7 Å². The number of hydrogen-bond acceptors (Lipinski definition) is 5. The second-order valence-electron chi connectivity index (χ2n) is 4.72. The molecule has 6 heteroatoms. The van der Waals surface area contributed by atoms with Crippen molar-refractivity contribution in [1.29, 1.82) is 5.26 Å². The zero-order chi connectivity index (χ0) is 16.2. The van der Waals surface area contributed by atoms with Gasteiger partial charge in [-0.25, -0.2) is 0 Å². The van der Waals surface area contributed by atoms with Crippen LogP contribution >= 0.6 is 0 Å². The molecular formula is C17H13N3O3. The summed E-state index contributed by atoms with van der Waals surface area (Å²) >= 11 is 0. The first-order valence-electron chi connectivity index (χ1n) is 6.85. The Kier molecular flexibility index (Phi) is 3.85. The molecule has 0 fully saturated rings. The van der Waals surface area contributed by atoms with Gasteiger partial charge in [-0.1, -0.05) is 12.1 Å². The number of anilines is 2. The van der Waals surface area contributed by atoms with Crippen molar-refractivity contribution in [1.82, 2.24) is 0 Å². The van der Waals surface area contributed by atoms with Gasteiger partial charge in [-0.3, -0.25) is 4.79 Å². The number of hydrogen-bond donors (Lipinski definition) is 2. The molecule has 0 bridgehead atoms. The van der Waals surface area contributed by atoms with Crippen LogP contribution in [-0.2, 0) is 4.79 Å². The van der Waals surface area contributed by atoms with Crippen LogP contribution in [0.15, 0.2) is 60.0 Å². The van der Waals surface area contributed by atoms with E-state index in [1.807, 2.05) is 18.2 Å². The number of methoxy groups -OCH3 is 1. The van der Waals surface area contributed by atoms with Crippen molar-refractivity contribution in [2.24, 2.45) is 0 Å². The molecule has 1 aliphatic heterocycles. The van der Waals surface area contributed by atoms with Gasteiger partial charge in [0.2, 0.25) is 5.88 Å². The van der Waals surface area contributed by atoms with E-state index in [9.17, 15) is 10.1 Å². The van der Waals surface area contributed by atoms with Crippen molar-refractivity contribution in [2.45, 2.75) is 0 Å². The minimum atomic E-state index is -0.548. The predicted octanol–water partition coefficient (Wildman–Crippen LogP) is 2.87. The van der Waals surface area contributed by atoms with Crippen LogP contribution in [0.3, 0.4) is 0 Å². The van der Waals surface area contributed by atoms with Crippen LogP contribution in [0.2, 0.25) is 0 Å². The highest BCUT2D eigenvalue weighted by molar-refractivity contribution is 6.07. The highest BCUT2D eigenvalue weighted by Gasteiger charge is 2.24. The Morgan fingerprint density at radius 1 is 1.22 bits per heavy atom. The molecular weight excluding hydrogens is 294 g/mol. The molecule has 6 nitrogen and oxygen atoms in total. The molecule has 2 aromatic rings. The van der Waals surface area contributed by atoms with Crippen LogP contribution in [0.5, 0.6) is 11.5 Å². The smallest absolute Gasteiger partial charge is 0.271 e. The molecule has 0 saturated heterocycles. The van der Waals surface area contributed by atoms with E-state index in [4.69, 9.17) is 9.47 Å². The van der Waals surface area contributed by atoms with Gasteiger partial charge in [0.1, 0.15) is 11.8 Å². The molecule has 1 amide bonds. The number of benzene rings is 2. The third kappa shape index (κ3) is 2.94. The van der Waals surface area contributed by atoms with Crippen molar-refractivity contribution in [3.8, 4) is 17.6 Å². The van der Waals surface area contributed by atoms with Gasteiger partial charge in [-0.2, -0.15) is 5.26 Å². The molecule has 2 aromatic carbocycles. The van der Waals surface area contributed by atoms with Gasteiger partial charge < -0.3 is 20.1 Å². The Bertz CT molecular complexity index is 793. The molecule has 0 aliphatic carbocycles. The number of ether oxygens (including phenoxy) is 2. The summed E-state index contributed by atoms with van der Waals surface area (Å²) < 4.78 is 10.6. The first kappa shape index (κ1) is 14.5. The number of fused-ring (bicyclic) bond motifs is 1. The van der Waals surface area contributed by atoms with Crippen LogP contribution < -0.4 is 20.1 Å². The minimum Gasteiger partial charge on any atom is -0.497 e. The topological polar surface area (TPSA) is 83.4 Å². The Hall–Kier alpha value is -3.46. The number of amides is 1. The maximum Gasteiger partial charge on any atom is 0.271 e. The van der Waals surface area contributed by atoms with Gasteiger partial charge in [-0.15, -0.1) is 0 Å². The molecule has 0 atom stereocenters. The lowest BCUT2D eigenvalue weighted by molar-refractivity contribution is -0.112. The predicted molar refractivity (Wildman–Crippen MR) is 85.0 cm³/mol. The number of nitrogens with zero attached hydrogens (tertiary/aromatic N) is 1. The molecule has 2 N–H and O–H groups in total. The van der Waals surface area contributed by atoms with Crippen molar-refractivity contribution in [3.63, 3.8) is 0 Å². The van der Waals surface area contributed by atoms with Crippen LogP contribution in [0, 0.1) is 11.3 Å². The molecule has 0 aromatic heterocycles. The number of rotatable bonds is 3. The van der Waals surface area contributed by atoms with E-state index in [0.29, 0.717) is 22.9 Å². The van der Waals surface area contributed by atoms with E-state index in [1.165, 1.54) is 0 Å². The lowest BCUT2D eigenvalue weighted by Crippen LogP contribution is -2.18. The lowest BCUT2D eigenvalue weighted by Gasteiger charge is -2.07. The molecule has 23 heavy (non-hydrogen) atoms. The zero-order valence-corrected chi connectivity index (χ0v) is 12.3. The third-order valence-electron chi connectivity index (χ3n) is 3.26. The molecule has 1 aliphatic rings. The molecule has 0 saturated carbocycles. The SMILES string of the molecule is COc1ccc(NC(=O)/C(C#N)=C2/Nc3ccccc3O2)cc1. The van der Waals surface area contributed by atoms with Gasteiger partial charge in [0.25, 0.3) is 5.91 Å². The molecule has 1 heterocycles. The van der Waals surface area contributed by atoms with Gasteiger partial charge in [0.05, 0.1) is 12.8 Å². The number of carbonyl (C=O) groups excluding carboxylic acids is 1. The van der Waals surface area contributed by atoms with Crippen molar-refractivity contribution in [3.05, 3.63) is 60.0 Å². The zero-order valence-electron chi connectivity index (χ0n) is 12.3. The maximum absolute atomic E-state index is 12.3. The van der Waals surface area contributed by atoms with Crippen LogP contribution in [0.4, 0.5) is 11.4 Å². The summed E-state index contributed by atoms with van der Waals surface area (Å²) in [6.07, 6.45) is 0. The van der Waals surface area contributed by atoms with E-state index in [-0.39, 0.29) is 11.5 Å². The Morgan fingerprint density at radius 2 is 1.96 bits per heavy atom. The quantitative estimate of drug-likeness (QED) is 0.673. The first-order valence-corrected chi connectivity index (χ1v) is 6.85. The largest absolute Gasteiger partial charge is 0.497 e. The third-order valence-corrected chi connectivity index (χ3v) is 3.26. The van der Waals surface area contributed by atoms with E-state index in [0.717, 1.165) is 0 Å². The summed E-state index contributed by atoms with van der Waals surface area (Å²) in [6.45, 7) is 0. The lowest BCUT2D eigenvalue weighted by atomic mass is 10.2. The van der Waals surface area contributed by atoms with E-state index >= 15 is 0 Å². The second kappa shape index (κ2) is 6.12. The fourth-order valence-corrected chi connectivity index (χ4v) is 2.10. The first-order chi connectivity index (χ1) is 11.2. The summed E-state index contributed by atoms with van der Waals surface area (Å²) in [5, 5.41) is 14.9. The van der Waals surface area contributed by atoms with Gasteiger partial charge in [-0.05, 0) is 36.4 Å². The molecule has 0 spiro atoms. The van der Waals surface area contributed by atoms with E-state index < -0.39 is 5.91 Å². The highest BCUT2D eigenvalue weighted by atomic mass is 16.5. The number of para-hydroxylation sites is 2. The molecule has 114 valence electrons. The van der Waals surface area contributed by atoms with Crippen molar-refractivity contribution >= 4 is 17.3 Å². The molecule has 3 rings (SSSR count). The highest BCUT2D eigenvalue weighted by Crippen LogP contribution is 2.33. The van der Waals surface area contributed by atoms with Gasteiger partial charge in [0.15, 0.2) is 11.3 Å². The van der Waals surface area contributed by atoms with Crippen LogP contribution in [0.25, 0.3) is 0 Å². The Morgan fingerprint density at radius 3 is 2.61 bits per heavy atom. The average molecular weight is 307 g/mol. The molecule has 0 radical (unpaired) electrons. The number of nitrogens with one attached hydrogen (secondary N) is 2. The summed E-state index contributed by atoms with van der Waals surface area (Å²) in [7, 11) is 1.56. The fraction of sp³-hybridized carbons (Fsp3) is 0.0588. The normalized spacial score (nSPS) is 13.9. The second-order valence-corrected chi connectivity index (χ2v) is 4.72. The summed E-state index contributed by atoms with van der Waals surface area (Å²) in [5.41, 5.74) is 1.14. The Labute approximate surface area is 132 Å². The summed E-state index contributed by atoms with van der Waals surface area (Å²) in [5.74, 6) is 0.832. The monoisotopic (exact) mass is 307 g/mol. The average Bonchev–Trinajstić information content (AvgIpc) is 2.99. The summed E-state index contributed by atoms with van der Waals surface area (Å²) in [4.78, 5) is 12.3. The molecule has 0 unspecified atom stereocenters. The maximum atomic E-state index is 12.3. The minimum absolute atomic E-state index is 0.125. The fourth-order valence-electron chi connectivity index (χ4n) is 2.10. The van der Waals surface area contributed by atoms with E-state index in [1.54, 1.807) is 43.5 Å².